The Morgan fingerprint density at radius 1 is 1.45 bits per heavy atom. The Hall–Kier alpha value is -1.44. The van der Waals surface area contributed by atoms with Crippen molar-refractivity contribution in [2.45, 2.75) is 11.1 Å². The van der Waals surface area contributed by atoms with E-state index in [1.165, 1.54) is 31.5 Å². The molecule has 1 aromatic heterocycles. The van der Waals surface area contributed by atoms with Crippen LogP contribution in [0.5, 0.6) is 0 Å². The third-order valence-electron chi connectivity index (χ3n) is 2.70. The maximum atomic E-state index is 13.2. The van der Waals surface area contributed by atoms with Crippen molar-refractivity contribution in [3.63, 3.8) is 0 Å². The second kappa shape index (κ2) is 5.51. The quantitative estimate of drug-likeness (QED) is 0.939. The van der Waals surface area contributed by atoms with Crippen molar-refractivity contribution in [2.75, 3.05) is 13.4 Å². The molecule has 0 saturated carbocycles. The van der Waals surface area contributed by atoms with E-state index in [1.807, 2.05) is 0 Å². The fourth-order valence-electron chi connectivity index (χ4n) is 1.72. The Morgan fingerprint density at radius 3 is 2.65 bits per heavy atom. The van der Waals surface area contributed by atoms with Crippen molar-refractivity contribution < 1.29 is 17.5 Å². The maximum Gasteiger partial charge on any atom is 0.192 e. The van der Waals surface area contributed by atoms with E-state index in [9.17, 15) is 12.8 Å². The van der Waals surface area contributed by atoms with Gasteiger partial charge in [0, 0.05) is 13.4 Å². The fourth-order valence-corrected chi connectivity index (χ4v) is 2.44. The molecule has 108 valence electrons. The van der Waals surface area contributed by atoms with Crippen LogP contribution in [-0.4, -0.2) is 31.8 Å². The molecule has 1 unspecified atom stereocenters. The number of benzene rings is 1. The molecule has 1 aromatic carbocycles. The van der Waals surface area contributed by atoms with Crippen molar-refractivity contribution in [2.24, 2.45) is 0 Å². The number of ether oxygens (including phenoxy) is 1. The summed E-state index contributed by atoms with van der Waals surface area (Å²) in [6, 6.07) is 4.12. The zero-order chi connectivity index (χ0) is 14.9. The fraction of sp³-hybridized carbons (Fsp3) is 0.250. The molecule has 0 spiro atoms. The van der Waals surface area contributed by atoms with Gasteiger partial charge in [-0.25, -0.2) is 17.8 Å². The number of hydrogen-bond acceptors (Lipinski definition) is 4. The molecule has 0 aliphatic rings. The summed E-state index contributed by atoms with van der Waals surface area (Å²) in [7, 11) is -1.95. The molecule has 0 aliphatic heterocycles. The Bertz CT molecular complexity index is 730. The lowest BCUT2D eigenvalue weighted by molar-refractivity contribution is 0.129. The molecular formula is C12H12ClFN2O3S. The van der Waals surface area contributed by atoms with Crippen LogP contribution in [0, 0.1) is 5.82 Å². The van der Waals surface area contributed by atoms with E-state index in [0.29, 0.717) is 11.4 Å². The van der Waals surface area contributed by atoms with Crippen LogP contribution in [0.1, 0.15) is 17.5 Å². The minimum absolute atomic E-state index is 0.0113. The summed E-state index contributed by atoms with van der Waals surface area (Å²) in [6.07, 6.45) is 1.62. The Kier molecular flexibility index (Phi) is 4.12. The highest BCUT2D eigenvalue weighted by Crippen LogP contribution is 2.27. The normalized spacial score (nSPS) is 13.4. The van der Waals surface area contributed by atoms with E-state index in [-0.39, 0.29) is 10.0 Å². The van der Waals surface area contributed by atoms with Crippen molar-refractivity contribution in [1.29, 1.82) is 0 Å². The summed E-state index contributed by atoms with van der Waals surface area (Å²) < 4.78 is 41.2. The Balaban J connectivity index is 2.42. The number of halogens is 2. The summed E-state index contributed by atoms with van der Waals surface area (Å²) in [4.78, 5) is 6.66. The molecule has 0 amide bonds. The number of H-pyrrole nitrogens is 1. The molecule has 0 radical (unpaired) electrons. The van der Waals surface area contributed by atoms with Gasteiger partial charge in [0.15, 0.2) is 14.9 Å². The second-order valence-corrected chi connectivity index (χ2v) is 6.59. The highest BCUT2D eigenvalue weighted by molar-refractivity contribution is 7.90. The van der Waals surface area contributed by atoms with Gasteiger partial charge in [0.2, 0.25) is 0 Å². The van der Waals surface area contributed by atoms with Gasteiger partial charge < -0.3 is 9.72 Å². The van der Waals surface area contributed by atoms with E-state index < -0.39 is 21.8 Å². The molecule has 1 heterocycles. The van der Waals surface area contributed by atoms with Gasteiger partial charge >= 0.3 is 0 Å². The first-order chi connectivity index (χ1) is 9.32. The minimum Gasteiger partial charge on any atom is -0.369 e. The van der Waals surface area contributed by atoms with Crippen LogP contribution < -0.4 is 0 Å². The van der Waals surface area contributed by atoms with Gasteiger partial charge in [-0.05, 0) is 17.7 Å². The Labute approximate surface area is 120 Å². The molecule has 20 heavy (non-hydrogen) atoms. The van der Waals surface area contributed by atoms with Crippen LogP contribution in [0.2, 0.25) is 5.02 Å². The maximum absolute atomic E-state index is 13.2. The van der Waals surface area contributed by atoms with Crippen molar-refractivity contribution in [1.82, 2.24) is 9.97 Å². The summed E-state index contributed by atoms with van der Waals surface area (Å²) in [5, 5.41) is -0.0535. The number of aromatic nitrogens is 2. The average Bonchev–Trinajstić information content (AvgIpc) is 2.84. The standard InChI is InChI=1S/C12H12ClFN2O3S/c1-19-11(7-3-4-9(14)8(13)5-7)12-15-6-10(16-12)20(2,17)18/h3-6,11H,1-2H3,(H,15,16). The van der Waals surface area contributed by atoms with E-state index in [0.717, 1.165) is 6.26 Å². The number of sulfone groups is 1. The minimum atomic E-state index is -3.38. The molecule has 1 atom stereocenters. The number of imidazole rings is 1. The smallest absolute Gasteiger partial charge is 0.192 e. The van der Waals surface area contributed by atoms with Crippen LogP contribution in [0.25, 0.3) is 0 Å². The SMILES string of the molecule is COC(c1ccc(F)c(Cl)c1)c1ncc(S(C)(=O)=O)[nH]1. The number of rotatable bonds is 4. The lowest BCUT2D eigenvalue weighted by Crippen LogP contribution is -2.06. The first kappa shape index (κ1) is 15.0. The average molecular weight is 319 g/mol. The van der Waals surface area contributed by atoms with Gasteiger partial charge in [0.25, 0.3) is 0 Å². The predicted molar refractivity (Wildman–Crippen MR) is 72.0 cm³/mol. The van der Waals surface area contributed by atoms with Gasteiger partial charge in [-0.15, -0.1) is 0 Å². The summed E-state index contributed by atoms with van der Waals surface area (Å²) in [5.74, 6) is -0.239. The summed E-state index contributed by atoms with van der Waals surface area (Å²) >= 11 is 5.72. The van der Waals surface area contributed by atoms with Gasteiger partial charge in [0.05, 0.1) is 11.2 Å². The predicted octanol–water partition coefficient (Wildman–Crippen LogP) is 2.34. The lowest BCUT2D eigenvalue weighted by Gasteiger charge is -2.13. The van der Waals surface area contributed by atoms with Crippen molar-refractivity contribution in [3.05, 3.63) is 46.6 Å². The van der Waals surface area contributed by atoms with Gasteiger partial charge in [-0.1, -0.05) is 17.7 Å². The molecule has 0 aliphatic carbocycles. The zero-order valence-electron chi connectivity index (χ0n) is 10.7. The monoisotopic (exact) mass is 318 g/mol. The molecule has 0 fully saturated rings. The highest BCUT2D eigenvalue weighted by Gasteiger charge is 2.20. The molecule has 5 nitrogen and oxygen atoms in total. The highest BCUT2D eigenvalue weighted by atomic mass is 35.5. The first-order valence-electron chi connectivity index (χ1n) is 5.55. The largest absolute Gasteiger partial charge is 0.369 e. The van der Waals surface area contributed by atoms with Crippen LogP contribution in [-0.2, 0) is 14.6 Å². The molecule has 0 saturated heterocycles. The zero-order valence-corrected chi connectivity index (χ0v) is 12.3. The number of aromatic amines is 1. The van der Waals surface area contributed by atoms with E-state index in [2.05, 4.69) is 9.97 Å². The molecule has 2 rings (SSSR count). The molecule has 1 N–H and O–H groups in total. The van der Waals surface area contributed by atoms with Gasteiger partial charge in [0.1, 0.15) is 17.7 Å². The first-order valence-corrected chi connectivity index (χ1v) is 7.82. The number of nitrogens with one attached hydrogen (secondary N) is 1. The topological polar surface area (TPSA) is 72.0 Å². The third-order valence-corrected chi connectivity index (χ3v) is 4.00. The van der Waals surface area contributed by atoms with E-state index >= 15 is 0 Å². The van der Waals surface area contributed by atoms with Crippen molar-refractivity contribution >= 4 is 21.4 Å². The van der Waals surface area contributed by atoms with E-state index in [4.69, 9.17) is 16.3 Å². The Morgan fingerprint density at radius 2 is 2.15 bits per heavy atom. The van der Waals surface area contributed by atoms with E-state index in [1.54, 1.807) is 0 Å². The number of methoxy groups -OCH3 is 1. The number of hydrogen-bond donors (Lipinski definition) is 1. The van der Waals surface area contributed by atoms with Gasteiger partial charge in [-0.2, -0.15) is 0 Å². The van der Waals surface area contributed by atoms with Crippen LogP contribution in [0.4, 0.5) is 4.39 Å². The third kappa shape index (κ3) is 3.00. The molecule has 8 heteroatoms. The van der Waals surface area contributed by atoms with Crippen LogP contribution in [0.3, 0.4) is 0 Å². The van der Waals surface area contributed by atoms with Crippen molar-refractivity contribution in [3.8, 4) is 0 Å². The lowest BCUT2D eigenvalue weighted by atomic mass is 10.1. The molecule has 0 bridgehead atoms. The van der Waals surface area contributed by atoms with Crippen LogP contribution in [0.15, 0.2) is 29.4 Å². The van der Waals surface area contributed by atoms with Crippen LogP contribution >= 0.6 is 11.6 Å². The summed E-state index contributed by atoms with van der Waals surface area (Å²) in [5.41, 5.74) is 0.563. The number of nitrogens with zero attached hydrogens (tertiary/aromatic N) is 1. The van der Waals surface area contributed by atoms with Gasteiger partial charge in [-0.3, -0.25) is 0 Å². The molecule has 2 aromatic rings. The molecular weight excluding hydrogens is 307 g/mol. The second-order valence-electron chi connectivity index (χ2n) is 4.19. The summed E-state index contributed by atoms with van der Waals surface area (Å²) in [6.45, 7) is 0.